The molecule has 19 heavy (non-hydrogen) atoms. The van der Waals surface area contributed by atoms with Gasteiger partial charge in [-0.3, -0.25) is 4.79 Å². The molecule has 1 aromatic heterocycles. The third-order valence-electron chi connectivity index (χ3n) is 3.38. The van der Waals surface area contributed by atoms with Crippen molar-refractivity contribution < 1.29 is 19.5 Å². The van der Waals surface area contributed by atoms with Crippen LogP contribution in [-0.2, 0) is 11.2 Å². The molecule has 0 unspecified atom stereocenters. The summed E-state index contributed by atoms with van der Waals surface area (Å²) in [5.74, 6) is -0.172. The van der Waals surface area contributed by atoms with E-state index < -0.39 is 12.2 Å². The second-order valence-corrected chi connectivity index (χ2v) is 4.74. The molecule has 1 aromatic carbocycles. The smallest absolute Gasteiger partial charge is 0.228 e. The summed E-state index contributed by atoms with van der Waals surface area (Å²) in [7, 11) is 0. The van der Waals surface area contributed by atoms with Crippen molar-refractivity contribution in [3.8, 4) is 0 Å². The number of rotatable bonds is 2. The third kappa shape index (κ3) is 2.20. The zero-order valence-electron chi connectivity index (χ0n) is 10.2. The number of benzene rings is 1. The minimum absolute atomic E-state index is 0.108. The van der Waals surface area contributed by atoms with E-state index in [1.54, 1.807) is 6.07 Å². The number of β-amino-alcohol motifs (C(OH)–C–C–N with tert-alkyl or cyclic N) is 2. The molecule has 3 rings (SSSR count). The van der Waals surface area contributed by atoms with E-state index in [0.717, 1.165) is 5.39 Å². The molecule has 6 heteroatoms. The van der Waals surface area contributed by atoms with Crippen molar-refractivity contribution in [2.45, 2.75) is 18.6 Å². The van der Waals surface area contributed by atoms with Gasteiger partial charge in [0.05, 0.1) is 18.6 Å². The Morgan fingerprint density at radius 1 is 1.32 bits per heavy atom. The fourth-order valence-corrected chi connectivity index (χ4v) is 2.29. The maximum atomic E-state index is 12.1. The van der Waals surface area contributed by atoms with Crippen molar-refractivity contribution >= 4 is 16.9 Å². The van der Waals surface area contributed by atoms with Gasteiger partial charge in [0.2, 0.25) is 5.91 Å². The molecule has 100 valence electrons. The molecule has 1 amide bonds. The molecular formula is C13H14N2O4. The molecule has 0 saturated carbocycles. The van der Waals surface area contributed by atoms with Crippen molar-refractivity contribution in [3.05, 3.63) is 30.0 Å². The first kappa shape index (κ1) is 12.1. The standard InChI is InChI=1S/C13H14N2O4/c16-10-6-15(7-11(10)17)13(18)5-9-8-3-1-2-4-12(8)19-14-9/h1-4,10-11,16-17H,5-7H2/t10-,11+. The molecule has 2 aromatic rings. The van der Waals surface area contributed by atoms with Crippen LogP contribution in [0.1, 0.15) is 5.69 Å². The Morgan fingerprint density at radius 2 is 2.00 bits per heavy atom. The van der Waals surface area contributed by atoms with Gasteiger partial charge in [-0.1, -0.05) is 17.3 Å². The number of likely N-dealkylation sites (tertiary alicyclic amines) is 1. The van der Waals surface area contributed by atoms with Gasteiger partial charge in [0.15, 0.2) is 5.58 Å². The Bertz CT molecular complexity index is 599. The van der Waals surface area contributed by atoms with Gasteiger partial charge in [-0.05, 0) is 12.1 Å². The summed E-state index contributed by atoms with van der Waals surface area (Å²) in [6, 6.07) is 7.34. The van der Waals surface area contributed by atoms with Crippen molar-refractivity contribution in [1.29, 1.82) is 0 Å². The number of hydrogen-bond donors (Lipinski definition) is 2. The number of aliphatic hydroxyl groups is 2. The molecule has 1 saturated heterocycles. The maximum absolute atomic E-state index is 12.1. The van der Waals surface area contributed by atoms with Gasteiger partial charge in [0, 0.05) is 18.5 Å². The molecule has 0 spiro atoms. The van der Waals surface area contributed by atoms with Gasteiger partial charge in [-0.25, -0.2) is 0 Å². The molecule has 2 N–H and O–H groups in total. The summed E-state index contributed by atoms with van der Waals surface area (Å²) in [6.45, 7) is 0.325. The van der Waals surface area contributed by atoms with Crippen LogP contribution in [0.5, 0.6) is 0 Å². The van der Waals surface area contributed by atoms with Crippen molar-refractivity contribution in [2.75, 3.05) is 13.1 Å². The maximum Gasteiger partial charge on any atom is 0.228 e. The quantitative estimate of drug-likeness (QED) is 0.791. The van der Waals surface area contributed by atoms with Gasteiger partial charge in [0.25, 0.3) is 0 Å². The van der Waals surface area contributed by atoms with E-state index >= 15 is 0 Å². The topological polar surface area (TPSA) is 86.8 Å². The number of aromatic nitrogens is 1. The molecule has 0 radical (unpaired) electrons. The molecule has 0 aliphatic carbocycles. The lowest BCUT2D eigenvalue weighted by atomic mass is 10.1. The second kappa shape index (κ2) is 4.64. The van der Waals surface area contributed by atoms with E-state index in [1.165, 1.54) is 4.90 Å². The molecular weight excluding hydrogens is 248 g/mol. The lowest BCUT2D eigenvalue weighted by Gasteiger charge is -2.14. The molecule has 0 bridgehead atoms. The molecule has 1 aliphatic heterocycles. The van der Waals surface area contributed by atoms with Gasteiger partial charge in [-0.2, -0.15) is 0 Å². The normalized spacial score (nSPS) is 23.2. The number of amides is 1. The Balaban J connectivity index is 1.76. The first-order valence-corrected chi connectivity index (χ1v) is 6.12. The van der Waals surface area contributed by atoms with Crippen LogP contribution in [0.3, 0.4) is 0 Å². The number of fused-ring (bicyclic) bond motifs is 1. The van der Waals surface area contributed by atoms with E-state index in [0.29, 0.717) is 11.3 Å². The zero-order chi connectivity index (χ0) is 13.4. The van der Waals surface area contributed by atoms with Gasteiger partial charge in [-0.15, -0.1) is 0 Å². The first-order chi connectivity index (χ1) is 9.15. The van der Waals surface area contributed by atoms with Crippen LogP contribution >= 0.6 is 0 Å². The summed E-state index contributed by atoms with van der Waals surface area (Å²) in [6.07, 6.45) is -1.62. The van der Waals surface area contributed by atoms with E-state index in [1.807, 2.05) is 18.2 Å². The van der Waals surface area contributed by atoms with Crippen LogP contribution in [0.25, 0.3) is 11.0 Å². The minimum Gasteiger partial charge on any atom is -0.388 e. The number of hydrogen-bond acceptors (Lipinski definition) is 5. The van der Waals surface area contributed by atoms with Crippen LogP contribution in [0.2, 0.25) is 0 Å². The Kier molecular flexibility index (Phi) is 2.96. The molecule has 1 aliphatic rings. The monoisotopic (exact) mass is 262 g/mol. The summed E-state index contributed by atoms with van der Waals surface area (Å²) in [4.78, 5) is 13.5. The van der Waals surface area contributed by atoms with E-state index in [9.17, 15) is 15.0 Å². The Morgan fingerprint density at radius 3 is 2.74 bits per heavy atom. The molecule has 2 atom stereocenters. The summed E-state index contributed by atoms with van der Waals surface area (Å²) >= 11 is 0. The largest absolute Gasteiger partial charge is 0.388 e. The number of para-hydroxylation sites is 1. The van der Waals surface area contributed by atoms with Crippen molar-refractivity contribution in [3.63, 3.8) is 0 Å². The fraction of sp³-hybridized carbons (Fsp3) is 0.385. The number of carbonyl (C=O) groups excluding carboxylic acids is 1. The van der Waals surface area contributed by atoms with Gasteiger partial charge < -0.3 is 19.6 Å². The Hall–Kier alpha value is -1.92. The van der Waals surface area contributed by atoms with E-state index in [4.69, 9.17) is 4.52 Å². The predicted octanol–water partition coefficient (Wildman–Crippen LogP) is -0.0657. The fourth-order valence-electron chi connectivity index (χ4n) is 2.29. The highest BCUT2D eigenvalue weighted by molar-refractivity contribution is 5.86. The number of nitrogens with zero attached hydrogens (tertiary/aromatic N) is 2. The van der Waals surface area contributed by atoms with Gasteiger partial charge >= 0.3 is 0 Å². The number of carbonyl (C=O) groups is 1. The highest BCUT2D eigenvalue weighted by Crippen LogP contribution is 2.19. The average Bonchev–Trinajstić information content (AvgIpc) is 2.95. The summed E-state index contributed by atoms with van der Waals surface area (Å²) in [5, 5.41) is 23.6. The molecule has 2 heterocycles. The highest BCUT2D eigenvalue weighted by Gasteiger charge is 2.32. The zero-order valence-corrected chi connectivity index (χ0v) is 10.2. The molecule has 1 fully saturated rings. The number of aliphatic hydroxyl groups excluding tert-OH is 2. The summed E-state index contributed by atoms with van der Waals surface area (Å²) < 4.78 is 5.14. The molecule has 6 nitrogen and oxygen atoms in total. The highest BCUT2D eigenvalue weighted by atomic mass is 16.5. The van der Waals surface area contributed by atoms with Crippen LogP contribution < -0.4 is 0 Å². The first-order valence-electron chi connectivity index (χ1n) is 6.12. The third-order valence-corrected chi connectivity index (χ3v) is 3.38. The van der Waals surface area contributed by atoms with Crippen molar-refractivity contribution in [2.24, 2.45) is 0 Å². The van der Waals surface area contributed by atoms with Crippen LogP contribution in [0.4, 0.5) is 0 Å². The second-order valence-electron chi connectivity index (χ2n) is 4.74. The lowest BCUT2D eigenvalue weighted by Crippen LogP contribution is -2.31. The van der Waals surface area contributed by atoms with Crippen LogP contribution in [0.15, 0.2) is 28.8 Å². The lowest BCUT2D eigenvalue weighted by molar-refractivity contribution is -0.130. The van der Waals surface area contributed by atoms with E-state index in [2.05, 4.69) is 5.16 Å². The van der Waals surface area contributed by atoms with Crippen molar-refractivity contribution in [1.82, 2.24) is 10.1 Å². The van der Waals surface area contributed by atoms with Crippen LogP contribution in [0, 0.1) is 0 Å². The Labute approximate surface area is 109 Å². The van der Waals surface area contributed by atoms with E-state index in [-0.39, 0.29) is 25.4 Å². The predicted molar refractivity (Wildman–Crippen MR) is 66.3 cm³/mol. The average molecular weight is 262 g/mol. The SMILES string of the molecule is O=C(Cc1noc2ccccc12)N1C[C@@H](O)[C@@H](O)C1. The summed E-state index contributed by atoms with van der Waals surface area (Å²) in [5.41, 5.74) is 1.23. The minimum atomic E-state index is -0.863. The van der Waals surface area contributed by atoms with Crippen LogP contribution in [-0.4, -0.2) is 51.5 Å². The van der Waals surface area contributed by atoms with Gasteiger partial charge in [0.1, 0.15) is 5.69 Å².